The second-order valence-electron chi connectivity index (χ2n) is 5.57. The van der Waals surface area contributed by atoms with Crippen LogP contribution in [0.1, 0.15) is 19.6 Å². The number of nitrogens with zero attached hydrogens (tertiary/aromatic N) is 3. The molecule has 0 amide bonds. The molecule has 0 radical (unpaired) electrons. The zero-order valence-electron chi connectivity index (χ0n) is 11.6. The van der Waals surface area contributed by atoms with Crippen LogP contribution in [0.2, 0.25) is 5.15 Å². The van der Waals surface area contributed by atoms with Gasteiger partial charge < -0.3 is 24.6 Å². The van der Waals surface area contributed by atoms with E-state index in [2.05, 4.69) is 25.9 Å². The Morgan fingerprint density at radius 1 is 1.55 bits per heavy atom. The van der Waals surface area contributed by atoms with E-state index in [0.717, 1.165) is 0 Å². The summed E-state index contributed by atoms with van der Waals surface area (Å²) in [5, 5.41) is 30.7. The molecule has 4 atom stereocenters. The molecule has 1 fully saturated rings. The van der Waals surface area contributed by atoms with Crippen molar-refractivity contribution < 1.29 is 20.1 Å². The molecule has 0 aliphatic carbocycles. The van der Waals surface area contributed by atoms with E-state index in [1.165, 1.54) is 13.3 Å². The van der Waals surface area contributed by atoms with E-state index in [4.69, 9.17) is 16.3 Å². The number of ether oxygens (including phenoxy) is 1. The van der Waals surface area contributed by atoms with Crippen LogP contribution in [-0.2, 0) is 4.74 Å². The highest BCUT2D eigenvalue weighted by molar-refractivity contribution is 9.10. The number of hydrogen-bond acceptors (Lipinski definition) is 6. The van der Waals surface area contributed by atoms with Gasteiger partial charge in [0, 0.05) is 17.1 Å². The summed E-state index contributed by atoms with van der Waals surface area (Å²) in [5.41, 5.74) is -0.850. The average Bonchev–Trinajstić information content (AvgIpc) is 2.80. The standard InChI is InChI=1S/C13H15BrClN3O4/c1-13(21)2-8(22-7(4-19)10(13)20)18-3-6(14)9-11(15)16-5-17-12(9)18/h3,5,7-8,10,19-21H,2,4H2,1H3/t7?,8?,10?,13-/m0/s1. The van der Waals surface area contributed by atoms with Gasteiger partial charge in [0.2, 0.25) is 0 Å². The molecule has 1 saturated heterocycles. The summed E-state index contributed by atoms with van der Waals surface area (Å²) in [4.78, 5) is 8.15. The third kappa shape index (κ3) is 2.53. The fourth-order valence-corrected chi connectivity index (χ4v) is 3.66. The first-order valence-electron chi connectivity index (χ1n) is 6.68. The van der Waals surface area contributed by atoms with Crippen molar-refractivity contribution in [1.29, 1.82) is 0 Å². The van der Waals surface area contributed by atoms with Gasteiger partial charge in [-0.2, -0.15) is 0 Å². The highest BCUT2D eigenvalue weighted by Gasteiger charge is 2.45. The Morgan fingerprint density at radius 3 is 2.95 bits per heavy atom. The van der Waals surface area contributed by atoms with E-state index >= 15 is 0 Å². The number of aliphatic hydroxyl groups is 3. The lowest BCUT2D eigenvalue weighted by molar-refractivity contribution is -0.235. The molecule has 7 nitrogen and oxygen atoms in total. The summed E-state index contributed by atoms with van der Waals surface area (Å²) in [7, 11) is 0. The maximum Gasteiger partial charge on any atom is 0.148 e. The monoisotopic (exact) mass is 391 g/mol. The molecule has 9 heteroatoms. The Labute approximate surface area is 139 Å². The molecule has 3 heterocycles. The van der Waals surface area contributed by atoms with Crippen LogP contribution >= 0.6 is 27.5 Å². The molecule has 1 aliphatic rings. The van der Waals surface area contributed by atoms with Crippen LogP contribution in [0.3, 0.4) is 0 Å². The Hall–Kier alpha value is -0.770. The van der Waals surface area contributed by atoms with Crippen LogP contribution in [-0.4, -0.2) is 54.3 Å². The molecule has 120 valence electrons. The van der Waals surface area contributed by atoms with Crippen LogP contribution in [0.5, 0.6) is 0 Å². The highest BCUT2D eigenvalue weighted by atomic mass is 79.9. The van der Waals surface area contributed by atoms with Crippen molar-refractivity contribution in [1.82, 2.24) is 14.5 Å². The quantitative estimate of drug-likeness (QED) is 0.665. The molecule has 3 N–H and O–H groups in total. The first-order valence-corrected chi connectivity index (χ1v) is 7.85. The zero-order valence-corrected chi connectivity index (χ0v) is 14.0. The van der Waals surface area contributed by atoms with Gasteiger partial charge in [-0.25, -0.2) is 9.97 Å². The Balaban J connectivity index is 2.06. The minimum absolute atomic E-state index is 0.141. The van der Waals surface area contributed by atoms with Gasteiger partial charge in [0.15, 0.2) is 0 Å². The lowest BCUT2D eigenvalue weighted by Crippen LogP contribution is -2.55. The predicted molar refractivity (Wildman–Crippen MR) is 82.5 cm³/mol. The molecule has 3 rings (SSSR count). The van der Waals surface area contributed by atoms with Crippen molar-refractivity contribution >= 4 is 38.6 Å². The predicted octanol–water partition coefficient (Wildman–Crippen LogP) is 1.24. The van der Waals surface area contributed by atoms with Gasteiger partial charge in [0.05, 0.1) is 17.6 Å². The van der Waals surface area contributed by atoms with Gasteiger partial charge in [0.1, 0.15) is 35.6 Å². The second kappa shape index (κ2) is 5.70. The van der Waals surface area contributed by atoms with Gasteiger partial charge in [-0.3, -0.25) is 0 Å². The van der Waals surface area contributed by atoms with Crippen molar-refractivity contribution in [2.24, 2.45) is 0 Å². The van der Waals surface area contributed by atoms with Gasteiger partial charge in [-0.15, -0.1) is 0 Å². The van der Waals surface area contributed by atoms with Crippen molar-refractivity contribution in [3.05, 3.63) is 22.1 Å². The number of rotatable bonds is 2. The number of halogens is 2. The van der Waals surface area contributed by atoms with Crippen LogP contribution < -0.4 is 0 Å². The SMILES string of the molecule is C[C@]1(O)CC(n2cc(Br)c3c(Cl)ncnc32)OC(CO)C1O. The summed E-state index contributed by atoms with van der Waals surface area (Å²) in [6.45, 7) is 1.11. The summed E-state index contributed by atoms with van der Waals surface area (Å²) in [6, 6.07) is 0. The first kappa shape index (κ1) is 16.1. The number of aliphatic hydroxyl groups excluding tert-OH is 2. The molecular weight excluding hydrogens is 378 g/mol. The number of hydrogen-bond donors (Lipinski definition) is 3. The normalized spacial score (nSPS) is 32.5. The van der Waals surface area contributed by atoms with Crippen molar-refractivity contribution in [3.8, 4) is 0 Å². The Bertz CT molecular complexity index is 708. The Morgan fingerprint density at radius 2 is 2.27 bits per heavy atom. The van der Waals surface area contributed by atoms with Gasteiger partial charge >= 0.3 is 0 Å². The molecule has 0 saturated carbocycles. The summed E-state index contributed by atoms with van der Waals surface area (Å²) < 4.78 is 8.11. The van der Waals surface area contributed by atoms with Crippen molar-refractivity contribution in [3.63, 3.8) is 0 Å². The highest BCUT2D eigenvalue weighted by Crippen LogP contribution is 2.38. The smallest absolute Gasteiger partial charge is 0.148 e. The second-order valence-corrected chi connectivity index (χ2v) is 6.78. The maximum atomic E-state index is 10.4. The van der Waals surface area contributed by atoms with Gasteiger partial charge in [-0.1, -0.05) is 11.6 Å². The molecular formula is C13H15BrClN3O4. The molecule has 1 aliphatic heterocycles. The van der Waals surface area contributed by atoms with Crippen LogP contribution in [0.15, 0.2) is 17.0 Å². The van der Waals surface area contributed by atoms with E-state index in [1.54, 1.807) is 10.8 Å². The lowest BCUT2D eigenvalue weighted by atomic mass is 9.88. The molecule has 2 aromatic rings. The van der Waals surface area contributed by atoms with Crippen LogP contribution in [0, 0.1) is 0 Å². The number of aromatic nitrogens is 3. The summed E-state index contributed by atoms with van der Waals surface area (Å²) in [6.07, 6.45) is 0.558. The van der Waals surface area contributed by atoms with Gasteiger partial charge in [-0.05, 0) is 22.9 Å². The van der Waals surface area contributed by atoms with Gasteiger partial charge in [0.25, 0.3) is 0 Å². The minimum atomic E-state index is -1.39. The van der Waals surface area contributed by atoms with E-state index < -0.39 is 30.6 Å². The van der Waals surface area contributed by atoms with E-state index in [-0.39, 0.29) is 6.42 Å². The molecule has 22 heavy (non-hydrogen) atoms. The van der Waals surface area contributed by atoms with Crippen molar-refractivity contribution in [2.75, 3.05) is 6.61 Å². The molecule has 0 aromatic carbocycles. The lowest BCUT2D eigenvalue weighted by Gasteiger charge is -2.43. The average molecular weight is 393 g/mol. The van der Waals surface area contributed by atoms with E-state index in [0.29, 0.717) is 20.7 Å². The largest absolute Gasteiger partial charge is 0.394 e. The molecule has 2 aromatic heterocycles. The maximum absolute atomic E-state index is 10.4. The fourth-order valence-electron chi connectivity index (χ4n) is 2.73. The third-order valence-corrected chi connectivity index (χ3v) is 4.80. The van der Waals surface area contributed by atoms with Crippen LogP contribution in [0.4, 0.5) is 0 Å². The third-order valence-electron chi connectivity index (χ3n) is 3.92. The Kier molecular flexibility index (Phi) is 4.17. The topological polar surface area (TPSA) is 101 Å². The van der Waals surface area contributed by atoms with Crippen molar-refractivity contribution in [2.45, 2.75) is 37.4 Å². The fraction of sp³-hybridized carbons (Fsp3) is 0.538. The molecule has 0 spiro atoms. The van der Waals surface area contributed by atoms with E-state index in [9.17, 15) is 15.3 Å². The summed E-state index contributed by atoms with van der Waals surface area (Å²) in [5.74, 6) is 0. The zero-order chi connectivity index (χ0) is 16.1. The summed E-state index contributed by atoms with van der Waals surface area (Å²) >= 11 is 9.49. The van der Waals surface area contributed by atoms with E-state index in [1.807, 2.05) is 0 Å². The van der Waals surface area contributed by atoms with Crippen LogP contribution in [0.25, 0.3) is 11.0 Å². The number of fused-ring (bicyclic) bond motifs is 1. The first-order chi connectivity index (χ1) is 10.3. The minimum Gasteiger partial charge on any atom is -0.394 e. The molecule has 3 unspecified atom stereocenters. The molecule has 0 bridgehead atoms.